The molecule has 0 spiro atoms. The van der Waals surface area contributed by atoms with E-state index in [1.807, 2.05) is 6.07 Å². The van der Waals surface area contributed by atoms with Gasteiger partial charge >= 0.3 is 5.69 Å². The summed E-state index contributed by atoms with van der Waals surface area (Å²) < 4.78 is 0. The molecular formula is C14H20N4O. The maximum absolute atomic E-state index is 11.2. The van der Waals surface area contributed by atoms with Gasteiger partial charge in [0.1, 0.15) is 0 Å². The van der Waals surface area contributed by atoms with Crippen molar-refractivity contribution in [2.24, 2.45) is 0 Å². The lowest BCUT2D eigenvalue weighted by molar-refractivity contribution is 0.191. The molecule has 2 heterocycles. The summed E-state index contributed by atoms with van der Waals surface area (Å²) in [5.74, 6) is 0. The molecule has 3 N–H and O–H groups in total. The fourth-order valence-electron chi connectivity index (χ4n) is 2.75. The number of fused-ring (bicyclic) bond motifs is 1. The Balaban J connectivity index is 1.69. The number of likely N-dealkylation sites (N-methyl/N-ethyl adjacent to an activating group) is 1. The first-order valence-electron chi connectivity index (χ1n) is 6.84. The van der Waals surface area contributed by atoms with Crippen LogP contribution >= 0.6 is 0 Å². The molecule has 1 aromatic heterocycles. The van der Waals surface area contributed by atoms with Gasteiger partial charge in [0.2, 0.25) is 0 Å². The number of aryl methyl sites for hydroxylation is 1. The minimum Gasteiger partial charge on any atom is -0.314 e. The van der Waals surface area contributed by atoms with Crippen molar-refractivity contribution in [3.05, 3.63) is 34.2 Å². The highest BCUT2D eigenvalue weighted by molar-refractivity contribution is 5.74. The molecule has 3 rings (SSSR count). The second-order valence-electron chi connectivity index (χ2n) is 5.34. The van der Waals surface area contributed by atoms with Crippen LogP contribution in [0.1, 0.15) is 12.0 Å². The summed E-state index contributed by atoms with van der Waals surface area (Å²) in [5, 5.41) is 3.44. The first-order valence-corrected chi connectivity index (χ1v) is 6.84. The Bertz CT molecular complexity index is 615. The summed E-state index contributed by atoms with van der Waals surface area (Å²) in [5.41, 5.74) is 2.92. The van der Waals surface area contributed by atoms with Crippen LogP contribution in [0.15, 0.2) is 23.0 Å². The Labute approximate surface area is 112 Å². The van der Waals surface area contributed by atoms with Crippen LogP contribution in [0.25, 0.3) is 11.0 Å². The molecule has 1 aromatic carbocycles. The summed E-state index contributed by atoms with van der Waals surface area (Å²) in [4.78, 5) is 19.2. The van der Waals surface area contributed by atoms with Gasteiger partial charge < -0.3 is 20.2 Å². The van der Waals surface area contributed by atoms with Crippen LogP contribution in [0, 0.1) is 0 Å². The van der Waals surface area contributed by atoms with E-state index < -0.39 is 0 Å². The van der Waals surface area contributed by atoms with Gasteiger partial charge in [0.15, 0.2) is 0 Å². The van der Waals surface area contributed by atoms with E-state index >= 15 is 0 Å². The molecular weight excluding hydrogens is 240 g/mol. The van der Waals surface area contributed by atoms with Gasteiger partial charge in [-0.15, -0.1) is 0 Å². The van der Waals surface area contributed by atoms with E-state index in [4.69, 9.17) is 0 Å². The topological polar surface area (TPSA) is 63.9 Å². The number of rotatable bonds is 3. The van der Waals surface area contributed by atoms with Crippen LogP contribution in [-0.4, -0.2) is 47.6 Å². The average Bonchev–Trinajstić information content (AvgIpc) is 2.77. The smallest absolute Gasteiger partial charge is 0.314 e. The van der Waals surface area contributed by atoms with Crippen molar-refractivity contribution in [3.8, 4) is 0 Å². The number of imidazole rings is 1. The molecule has 0 bridgehead atoms. The standard InChI is InChI=1S/C14H20N4O/c1-18-7-6-15-9-11(18)4-2-10-3-5-12-13(8-10)17-14(19)16-12/h3,5,8,11,15H,2,4,6-7,9H2,1H3,(H2,16,17,19). The van der Waals surface area contributed by atoms with Crippen molar-refractivity contribution in [2.75, 3.05) is 26.7 Å². The second kappa shape index (κ2) is 5.19. The van der Waals surface area contributed by atoms with Crippen LogP contribution in [0.5, 0.6) is 0 Å². The molecule has 5 nitrogen and oxygen atoms in total. The van der Waals surface area contributed by atoms with Gasteiger partial charge in [-0.05, 0) is 37.6 Å². The number of aromatic nitrogens is 2. The quantitative estimate of drug-likeness (QED) is 0.761. The van der Waals surface area contributed by atoms with E-state index in [-0.39, 0.29) is 5.69 Å². The summed E-state index contributed by atoms with van der Waals surface area (Å²) >= 11 is 0. The van der Waals surface area contributed by atoms with E-state index in [1.54, 1.807) is 0 Å². The van der Waals surface area contributed by atoms with Gasteiger partial charge in [0, 0.05) is 25.7 Å². The van der Waals surface area contributed by atoms with Crippen LogP contribution in [0.3, 0.4) is 0 Å². The number of nitrogens with zero attached hydrogens (tertiary/aromatic N) is 1. The van der Waals surface area contributed by atoms with Crippen LogP contribution < -0.4 is 11.0 Å². The molecule has 19 heavy (non-hydrogen) atoms. The molecule has 5 heteroatoms. The van der Waals surface area contributed by atoms with Crippen molar-refractivity contribution < 1.29 is 0 Å². The minimum atomic E-state index is -0.136. The molecule has 1 unspecified atom stereocenters. The van der Waals surface area contributed by atoms with Gasteiger partial charge in [-0.3, -0.25) is 0 Å². The molecule has 102 valence electrons. The zero-order valence-corrected chi connectivity index (χ0v) is 11.2. The molecule has 1 saturated heterocycles. The van der Waals surface area contributed by atoms with Crippen LogP contribution in [-0.2, 0) is 6.42 Å². The fraction of sp³-hybridized carbons (Fsp3) is 0.500. The zero-order chi connectivity index (χ0) is 13.2. The lowest BCUT2D eigenvalue weighted by Crippen LogP contribution is -2.49. The number of H-pyrrole nitrogens is 2. The molecule has 0 amide bonds. The van der Waals surface area contributed by atoms with Crippen molar-refractivity contribution in [2.45, 2.75) is 18.9 Å². The highest BCUT2D eigenvalue weighted by Crippen LogP contribution is 2.14. The summed E-state index contributed by atoms with van der Waals surface area (Å²) in [7, 11) is 2.19. The highest BCUT2D eigenvalue weighted by Gasteiger charge is 2.17. The third-order valence-electron chi connectivity index (χ3n) is 3.99. The van der Waals surface area contributed by atoms with Gasteiger partial charge in [0.05, 0.1) is 11.0 Å². The highest BCUT2D eigenvalue weighted by atomic mass is 16.1. The normalized spacial score (nSPS) is 21.0. The first kappa shape index (κ1) is 12.4. The van der Waals surface area contributed by atoms with Crippen molar-refractivity contribution >= 4 is 11.0 Å². The Morgan fingerprint density at radius 2 is 2.16 bits per heavy atom. The minimum absolute atomic E-state index is 0.136. The molecule has 0 aliphatic carbocycles. The molecule has 1 aliphatic rings. The third-order valence-corrected chi connectivity index (χ3v) is 3.99. The van der Waals surface area contributed by atoms with Crippen molar-refractivity contribution in [1.29, 1.82) is 0 Å². The van der Waals surface area contributed by atoms with E-state index in [0.29, 0.717) is 6.04 Å². The lowest BCUT2D eigenvalue weighted by Gasteiger charge is -2.33. The molecule has 0 saturated carbocycles. The van der Waals surface area contributed by atoms with Crippen LogP contribution in [0.4, 0.5) is 0 Å². The summed E-state index contributed by atoms with van der Waals surface area (Å²) in [6, 6.07) is 6.76. The maximum Gasteiger partial charge on any atom is 0.323 e. The number of hydrogen-bond donors (Lipinski definition) is 3. The summed E-state index contributed by atoms with van der Waals surface area (Å²) in [6.45, 7) is 3.28. The predicted octanol–water partition coefficient (Wildman–Crippen LogP) is 0.692. The molecule has 0 radical (unpaired) electrons. The van der Waals surface area contributed by atoms with Crippen molar-refractivity contribution in [3.63, 3.8) is 0 Å². The summed E-state index contributed by atoms with van der Waals surface area (Å²) in [6.07, 6.45) is 2.18. The van der Waals surface area contributed by atoms with E-state index in [9.17, 15) is 4.79 Å². The SMILES string of the molecule is CN1CCNCC1CCc1ccc2[nH]c(=O)[nH]c2c1. The zero-order valence-electron chi connectivity index (χ0n) is 11.2. The Kier molecular flexibility index (Phi) is 3.40. The van der Waals surface area contributed by atoms with Gasteiger partial charge in [0.25, 0.3) is 0 Å². The number of aromatic amines is 2. The number of nitrogens with one attached hydrogen (secondary N) is 3. The third kappa shape index (κ3) is 2.72. The van der Waals surface area contributed by atoms with E-state index in [2.05, 4.69) is 39.4 Å². The monoisotopic (exact) mass is 260 g/mol. The maximum atomic E-state index is 11.2. The molecule has 2 aromatic rings. The molecule has 1 fully saturated rings. The van der Waals surface area contributed by atoms with Crippen LogP contribution in [0.2, 0.25) is 0 Å². The predicted molar refractivity (Wildman–Crippen MR) is 76.5 cm³/mol. The van der Waals surface area contributed by atoms with Gasteiger partial charge in [-0.1, -0.05) is 6.07 Å². The van der Waals surface area contributed by atoms with E-state index in [1.165, 1.54) is 5.56 Å². The molecule has 1 aliphatic heterocycles. The number of piperazine rings is 1. The Morgan fingerprint density at radius 1 is 1.32 bits per heavy atom. The number of benzene rings is 1. The lowest BCUT2D eigenvalue weighted by atomic mass is 10.0. The Hall–Kier alpha value is -1.59. The largest absolute Gasteiger partial charge is 0.323 e. The van der Waals surface area contributed by atoms with Gasteiger partial charge in [-0.25, -0.2) is 4.79 Å². The first-order chi connectivity index (χ1) is 9.22. The van der Waals surface area contributed by atoms with Crippen molar-refractivity contribution in [1.82, 2.24) is 20.2 Å². The van der Waals surface area contributed by atoms with E-state index in [0.717, 1.165) is 43.5 Å². The Morgan fingerprint density at radius 3 is 3.00 bits per heavy atom. The molecule has 1 atom stereocenters. The number of hydrogen-bond acceptors (Lipinski definition) is 3. The average molecular weight is 260 g/mol. The van der Waals surface area contributed by atoms with Gasteiger partial charge in [-0.2, -0.15) is 0 Å². The second-order valence-corrected chi connectivity index (χ2v) is 5.34. The fourth-order valence-corrected chi connectivity index (χ4v) is 2.75.